The summed E-state index contributed by atoms with van der Waals surface area (Å²) in [5, 5.41) is 5.32. The molecule has 2 N–H and O–H groups in total. The fourth-order valence-electron chi connectivity index (χ4n) is 3.68. The molecule has 0 atom stereocenters. The van der Waals surface area contributed by atoms with Gasteiger partial charge in [-0.3, -0.25) is 9.59 Å². The monoisotopic (exact) mass is 492 g/mol. The van der Waals surface area contributed by atoms with Gasteiger partial charge in [-0.25, -0.2) is 18.1 Å². The van der Waals surface area contributed by atoms with Gasteiger partial charge in [0.25, 0.3) is 0 Å². The minimum Gasteiger partial charge on any atom is -0.343 e. The molecule has 1 fully saturated rings. The highest BCUT2D eigenvalue weighted by Gasteiger charge is 2.28. The number of piperidine rings is 1. The standard InChI is InChI=1S/C23H32N4O4S2/c1-16-15-32-22(25-16)26-21(29)17-10-13-27(14-11-17)20(28)9-12-24-33(30,31)19-7-5-18(6-8-19)23(2,3)4/h5-8,15,17,24H,9-14H2,1-4H3,(H,25,26,29). The van der Waals surface area contributed by atoms with Gasteiger partial charge in [0.2, 0.25) is 21.8 Å². The van der Waals surface area contributed by atoms with Gasteiger partial charge >= 0.3 is 0 Å². The van der Waals surface area contributed by atoms with Crippen LogP contribution in [0.25, 0.3) is 0 Å². The van der Waals surface area contributed by atoms with Gasteiger partial charge in [-0.15, -0.1) is 11.3 Å². The zero-order valence-corrected chi connectivity index (χ0v) is 21.2. The van der Waals surface area contributed by atoms with Crippen LogP contribution in [-0.2, 0) is 25.0 Å². The summed E-state index contributed by atoms with van der Waals surface area (Å²) in [5.41, 5.74) is 1.86. The quantitative estimate of drug-likeness (QED) is 0.617. The van der Waals surface area contributed by atoms with Crippen molar-refractivity contribution in [2.75, 3.05) is 25.0 Å². The number of carbonyl (C=O) groups is 2. The number of thiazole rings is 1. The summed E-state index contributed by atoms with van der Waals surface area (Å²) in [4.78, 5) is 31.1. The van der Waals surface area contributed by atoms with E-state index in [9.17, 15) is 18.0 Å². The summed E-state index contributed by atoms with van der Waals surface area (Å²) in [7, 11) is -3.68. The molecule has 1 aliphatic rings. The summed E-state index contributed by atoms with van der Waals surface area (Å²) < 4.78 is 27.6. The van der Waals surface area contributed by atoms with Crippen LogP contribution in [0.5, 0.6) is 0 Å². The lowest BCUT2D eigenvalue weighted by molar-refractivity contribution is -0.134. The lowest BCUT2D eigenvalue weighted by Gasteiger charge is -2.31. The Morgan fingerprint density at radius 3 is 2.33 bits per heavy atom. The van der Waals surface area contributed by atoms with E-state index in [1.807, 2.05) is 24.4 Å². The molecule has 3 rings (SSSR count). The molecule has 1 aromatic heterocycles. The summed E-state index contributed by atoms with van der Waals surface area (Å²) in [6.45, 7) is 9.07. The van der Waals surface area contributed by atoms with Crippen LogP contribution in [0.1, 0.15) is 51.3 Å². The first-order chi connectivity index (χ1) is 15.5. The zero-order valence-electron chi connectivity index (χ0n) is 19.6. The van der Waals surface area contributed by atoms with Gasteiger partial charge in [-0.2, -0.15) is 0 Å². The summed E-state index contributed by atoms with van der Waals surface area (Å²) in [5.74, 6) is -0.343. The van der Waals surface area contributed by atoms with E-state index in [1.54, 1.807) is 17.0 Å². The van der Waals surface area contributed by atoms with E-state index in [0.29, 0.717) is 31.1 Å². The molecule has 0 saturated carbocycles. The Morgan fingerprint density at radius 2 is 1.79 bits per heavy atom. The van der Waals surface area contributed by atoms with Gasteiger partial charge in [-0.05, 0) is 42.9 Å². The molecular formula is C23H32N4O4S2. The first-order valence-electron chi connectivity index (χ1n) is 11.1. The van der Waals surface area contributed by atoms with Crippen molar-refractivity contribution in [2.45, 2.75) is 57.3 Å². The highest BCUT2D eigenvalue weighted by atomic mass is 32.2. The molecule has 0 bridgehead atoms. The number of hydrogen-bond donors (Lipinski definition) is 2. The van der Waals surface area contributed by atoms with Crippen LogP contribution in [0.3, 0.4) is 0 Å². The number of aryl methyl sites for hydroxylation is 1. The first kappa shape index (κ1) is 25.3. The Hall–Kier alpha value is -2.30. The molecule has 0 aliphatic carbocycles. The fourth-order valence-corrected chi connectivity index (χ4v) is 5.40. The number of rotatable bonds is 7. The summed E-state index contributed by atoms with van der Waals surface area (Å²) in [6, 6.07) is 6.81. The number of aromatic nitrogens is 1. The van der Waals surface area contributed by atoms with Gasteiger partial charge in [0.15, 0.2) is 5.13 Å². The third kappa shape index (κ3) is 6.84. The molecule has 0 spiro atoms. The predicted molar refractivity (Wildman–Crippen MR) is 130 cm³/mol. The van der Waals surface area contributed by atoms with Crippen molar-refractivity contribution >= 4 is 38.3 Å². The maximum Gasteiger partial charge on any atom is 0.240 e. The lowest BCUT2D eigenvalue weighted by atomic mass is 9.87. The Balaban J connectivity index is 1.43. The van der Waals surface area contributed by atoms with Crippen molar-refractivity contribution in [3.63, 3.8) is 0 Å². The molecule has 1 aliphatic heterocycles. The van der Waals surface area contributed by atoms with Crippen LogP contribution in [0.2, 0.25) is 0 Å². The summed E-state index contributed by atoms with van der Waals surface area (Å²) in [6.07, 6.45) is 1.23. The van der Waals surface area contributed by atoms with E-state index in [4.69, 9.17) is 0 Å². The van der Waals surface area contributed by atoms with Crippen molar-refractivity contribution in [1.29, 1.82) is 0 Å². The molecule has 0 unspecified atom stereocenters. The maximum atomic E-state index is 12.5. The normalized spacial score (nSPS) is 15.5. The Morgan fingerprint density at radius 1 is 1.15 bits per heavy atom. The van der Waals surface area contributed by atoms with Gasteiger partial charge < -0.3 is 10.2 Å². The van der Waals surface area contributed by atoms with Crippen molar-refractivity contribution < 1.29 is 18.0 Å². The maximum absolute atomic E-state index is 12.5. The minimum absolute atomic E-state index is 0.0337. The molecule has 1 aromatic carbocycles. The molecule has 2 aromatic rings. The number of carbonyl (C=O) groups excluding carboxylic acids is 2. The number of likely N-dealkylation sites (tertiary alicyclic amines) is 1. The first-order valence-corrected chi connectivity index (χ1v) is 13.4. The number of amides is 2. The van der Waals surface area contributed by atoms with E-state index < -0.39 is 10.0 Å². The second-order valence-electron chi connectivity index (χ2n) is 9.36. The number of benzene rings is 1. The third-order valence-electron chi connectivity index (χ3n) is 5.73. The van der Waals surface area contributed by atoms with Crippen molar-refractivity contribution in [2.24, 2.45) is 5.92 Å². The number of sulfonamides is 1. The van der Waals surface area contributed by atoms with E-state index in [0.717, 1.165) is 11.3 Å². The number of nitrogens with zero attached hydrogens (tertiary/aromatic N) is 2. The second-order valence-corrected chi connectivity index (χ2v) is 12.0. The predicted octanol–water partition coefficient (Wildman–Crippen LogP) is 3.29. The molecule has 180 valence electrons. The molecule has 2 amide bonds. The van der Waals surface area contributed by atoms with Crippen molar-refractivity contribution in [3.8, 4) is 0 Å². The largest absolute Gasteiger partial charge is 0.343 e. The average molecular weight is 493 g/mol. The van der Waals surface area contributed by atoms with Crippen LogP contribution < -0.4 is 10.0 Å². The number of hydrogen-bond acceptors (Lipinski definition) is 6. The van der Waals surface area contributed by atoms with Crippen LogP contribution >= 0.6 is 11.3 Å². The molecule has 2 heterocycles. The van der Waals surface area contributed by atoms with Gasteiger partial charge in [0, 0.05) is 37.4 Å². The second kappa shape index (κ2) is 10.3. The lowest BCUT2D eigenvalue weighted by Crippen LogP contribution is -2.42. The van der Waals surface area contributed by atoms with E-state index in [1.165, 1.54) is 11.3 Å². The van der Waals surface area contributed by atoms with Crippen LogP contribution in [0.4, 0.5) is 5.13 Å². The molecule has 10 heteroatoms. The molecular weight excluding hydrogens is 460 g/mol. The Labute approximate surface area is 199 Å². The Kier molecular flexibility index (Phi) is 7.92. The van der Waals surface area contributed by atoms with Crippen LogP contribution in [0, 0.1) is 12.8 Å². The molecule has 0 radical (unpaired) electrons. The summed E-state index contributed by atoms with van der Waals surface area (Å²) >= 11 is 1.39. The third-order valence-corrected chi connectivity index (χ3v) is 8.08. The SMILES string of the molecule is Cc1csc(NC(=O)C2CCN(C(=O)CCNS(=O)(=O)c3ccc(C(C)(C)C)cc3)CC2)n1. The molecule has 1 saturated heterocycles. The van der Waals surface area contributed by atoms with Crippen LogP contribution in [0.15, 0.2) is 34.5 Å². The fraction of sp³-hybridized carbons (Fsp3) is 0.522. The van der Waals surface area contributed by atoms with Crippen LogP contribution in [-0.4, -0.2) is 49.8 Å². The number of nitrogens with one attached hydrogen (secondary N) is 2. The van der Waals surface area contributed by atoms with Crippen molar-refractivity contribution in [1.82, 2.24) is 14.6 Å². The van der Waals surface area contributed by atoms with E-state index >= 15 is 0 Å². The van der Waals surface area contributed by atoms with Gasteiger partial charge in [0.05, 0.1) is 10.6 Å². The van der Waals surface area contributed by atoms with Gasteiger partial charge in [-0.1, -0.05) is 32.9 Å². The smallest absolute Gasteiger partial charge is 0.240 e. The van der Waals surface area contributed by atoms with Gasteiger partial charge in [0.1, 0.15) is 0 Å². The topological polar surface area (TPSA) is 108 Å². The van der Waals surface area contributed by atoms with Crippen molar-refractivity contribution in [3.05, 3.63) is 40.9 Å². The average Bonchev–Trinajstić information content (AvgIpc) is 3.17. The molecule has 8 nitrogen and oxygen atoms in total. The number of anilines is 1. The van der Waals surface area contributed by atoms with E-state index in [2.05, 4.69) is 35.8 Å². The zero-order chi connectivity index (χ0) is 24.2. The Bertz CT molecular complexity index is 1080. The highest BCUT2D eigenvalue weighted by Crippen LogP contribution is 2.24. The van der Waals surface area contributed by atoms with E-state index in [-0.39, 0.29) is 41.0 Å². The minimum atomic E-state index is -3.68. The molecule has 33 heavy (non-hydrogen) atoms. The highest BCUT2D eigenvalue weighted by molar-refractivity contribution is 7.89.